The first kappa shape index (κ1) is 8.07. The summed E-state index contributed by atoms with van der Waals surface area (Å²) < 4.78 is 0. The van der Waals surface area contributed by atoms with E-state index in [1.165, 1.54) is 6.42 Å². The molecule has 0 bridgehead atoms. The molecule has 2 nitrogen and oxygen atoms in total. The zero-order chi connectivity index (χ0) is 8.60. The summed E-state index contributed by atoms with van der Waals surface area (Å²) in [6, 6.07) is 2.38. The van der Waals surface area contributed by atoms with Gasteiger partial charge < -0.3 is 5.11 Å². The summed E-state index contributed by atoms with van der Waals surface area (Å²) in [7, 11) is 0. The predicted molar refractivity (Wildman–Crippen MR) is 45.2 cm³/mol. The lowest BCUT2D eigenvalue weighted by molar-refractivity contribution is 0.0438. The topological polar surface area (TPSA) is 44.0 Å². The molecule has 2 saturated carbocycles. The lowest BCUT2D eigenvalue weighted by Gasteiger charge is -2.35. The zero-order valence-electron chi connectivity index (χ0n) is 7.29. The summed E-state index contributed by atoms with van der Waals surface area (Å²) in [5.41, 5.74) is -0.349. The van der Waals surface area contributed by atoms with Gasteiger partial charge in [-0.3, -0.25) is 0 Å². The van der Waals surface area contributed by atoms with Crippen molar-refractivity contribution in [1.29, 1.82) is 5.26 Å². The maximum Gasteiger partial charge on any atom is 0.0860 e. The Labute approximate surface area is 73.2 Å². The summed E-state index contributed by atoms with van der Waals surface area (Å²) in [4.78, 5) is 0. The van der Waals surface area contributed by atoms with Gasteiger partial charge in [0.2, 0.25) is 0 Å². The van der Waals surface area contributed by atoms with E-state index in [0.717, 1.165) is 32.1 Å². The highest BCUT2D eigenvalue weighted by Crippen LogP contribution is 2.51. The van der Waals surface area contributed by atoms with Gasteiger partial charge in [0.1, 0.15) is 0 Å². The van der Waals surface area contributed by atoms with E-state index in [9.17, 15) is 5.11 Å². The van der Waals surface area contributed by atoms with E-state index in [0.29, 0.717) is 5.92 Å². The molecule has 66 valence electrons. The fraction of sp³-hybridized carbons (Fsp3) is 0.900. The van der Waals surface area contributed by atoms with Crippen molar-refractivity contribution in [3.05, 3.63) is 0 Å². The molecule has 2 heteroatoms. The van der Waals surface area contributed by atoms with Crippen LogP contribution in [-0.4, -0.2) is 11.2 Å². The van der Waals surface area contributed by atoms with Crippen molar-refractivity contribution in [3.8, 4) is 6.07 Å². The van der Waals surface area contributed by atoms with E-state index in [1.807, 2.05) is 0 Å². The molecule has 1 N–H and O–H groups in total. The van der Waals surface area contributed by atoms with Crippen LogP contribution in [0.25, 0.3) is 0 Å². The van der Waals surface area contributed by atoms with Crippen molar-refractivity contribution in [2.75, 3.05) is 0 Å². The first-order valence-corrected chi connectivity index (χ1v) is 4.89. The van der Waals surface area contributed by atoms with Crippen molar-refractivity contribution >= 4 is 0 Å². The maximum absolute atomic E-state index is 9.75. The number of aliphatic hydroxyl groups excluding tert-OH is 1. The van der Waals surface area contributed by atoms with Crippen LogP contribution in [0.5, 0.6) is 0 Å². The summed E-state index contributed by atoms with van der Waals surface area (Å²) in [5, 5.41) is 18.9. The number of hydrogen-bond donors (Lipinski definition) is 1. The molecule has 0 aromatic heterocycles. The molecular weight excluding hydrogens is 150 g/mol. The zero-order valence-corrected chi connectivity index (χ0v) is 7.29. The Morgan fingerprint density at radius 1 is 1.25 bits per heavy atom. The van der Waals surface area contributed by atoms with E-state index in [-0.39, 0.29) is 11.5 Å². The largest absolute Gasteiger partial charge is 0.391 e. The van der Waals surface area contributed by atoms with Crippen molar-refractivity contribution < 1.29 is 5.11 Å². The van der Waals surface area contributed by atoms with Crippen LogP contribution in [-0.2, 0) is 0 Å². The van der Waals surface area contributed by atoms with E-state index in [4.69, 9.17) is 5.26 Å². The molecule has 0 heterocycles. The molecule has 0 aromatic carbocycles. The highest BCUT2D eigenvalue weighted by atomic mass is 16.3. The smallest absolute Gasteiger partial charge is 0.0860 e. The number of rotatable bonds is 0. The monoisotopic (exact) mass is 165 g/mol. The number of fused-ring (bicyclic) bond motifs is 1. The summed E-state index contributed by atoms with van der Waals surface area (Å²) >= 11 is 0. The second kappa shape index (κ2) is 2.74. The second-order valence-electron chi connectivity index (χ2n) is 4.19. The minimum Gasteiger partial charge on any atom is -0.391 e. The average molecular weight is 165 g/mol. The van der Waals surface area contributed by atoms with E-state index in [1.54, 1.807) is 0 Å². The fourth-order valence-electron chi connectivity index (χ4n) is 2.95. The van der Waals surface area contributed by atoms with Gasteiger partial charge in [-0.1, -0.05) is 12.8 Å². The summed E-state index contributed by atoms with van der Waals surface area (Å²) in [6.07, 6.45) is 6.03. The van der Waals surface area contributed by atoms with Crippen LogP contribution in [0, 0.1) is 22.7 Å². The normalized spacial score (nSPS) is 46.7. The summed E-state index contributed by atoms with van der Waals surface area (Å²) in [5.74, 6) is 0.492. The molecule has 0 aliphatic heterocycles. The third-order valence-electron chi connectivity index (χ3n) is 3.71. The van der Waals surface area contributed by atoms with Gasteiger partial charge in [-0.25, -0.2) is 0 Å². The number of aliphatic hydroxyl groups is 1. The Kier molecular flexibility index (Phi) is 1.84. The van der Waals surface area contributed by atoms with Gasteiger partial charge in [0.25, 0.3) is 0 Å². The van der Waals surface area contributed by atoms with Crippen molar-refractivity contribution in [1.82, 2.24) is 0 Å². The predicted octanol–water partition coefficient (Wildman–Crippen LogP) is 1.84. The van der Waals surface area contributed by atoms with Crippen LogP contribution >= 0.6 is 0 Å². The maximum atomic E-state index is 9.75. The SMILES string of the molecule is N#C[C@@]12CCCC[C@H]1CC[C@H]2O. The Morgan fingerprint density at radius 2 is 2.08 bits per heavy atom. The third kappa shape index (κ3) is 0.895. The molecule has 3 atom stereocenters. The van der Waals surface area contributed by atoms with Gasteiger partial charge in [-0.15, -0.1) is 0 Å². The molecule has 0 aromatic rings. The van der Waals surface area contributed by atoms with Crippen LogP contribution in [0.3, 0.4) is 0 Å². The van der Waals surface area contributed by atoms with Crippen LogP contribution in [0.2, 0.25) is 0 Å². The third-order valence-corrected chi connectivity index (χ3v) is 3.71. The lowest BCUT2D eigenvalue weighted by Crippen LogP contribution is -2.36. The minimum absolute atomic E-state index is 0.340. The van der Waals surface area contributed by atoms with Gasteiger partial charge in [0.15, 0.2) is 0 Å². The first-order chi connectivity index (χ1) is 5.79. The van der Waals surface area contributed by atoms with Gasteiger partial charge in [0.05, 0.1) is 17.6 Å². The molecular formula is C10H15NO. The molecule has 0 saturated heterocycles. The average Bonchev–Trinajstić information content (AvgIpc) is 2.45. The van der Waals surface area contributed by atoms with E-state index >= 15 is 0 Å². The molecule has 0 spiro atoms. The van der Waals surface area contributed by atoms with Crippen LogP contribution in [0.1, 0.15) is 38.5 Å². The molecule has 12 heavy (non-hydrogen) atoms. The fourth-order valence-corrected chi connectivity index (χ4v) is 2.95. The Bertz CT molecular complexity index is 218. The van der Waals surface area contributed by atoms with Crippen LogP contribution in [0.4, 0.5) is 0 Å². The van der Waals surface area contributed by atoms with Gasteiger partial charge in [-0.2, -0.15) is 5.26 Å². The molecule has 2 fully saturated rings. The first-order valence-electron chi connectivity index (χ1n) is 4.89. The van der Waals surface area contributed by atoms with Gasteiger partial charge >= 0.3 is 0 Å². The van der Waals surface area contributed by atoms with E-state index in [2.05, 4.69) is 6.07 Å². The Hall–Kier alpha value is -0.550. The standard InChI is InChI=1S/C10H15NO/c11-7-10-6-2-1-3-8(10)4-5-9(10)12/h8-9,12H,1-6H2/t8-,9+,10-/m0/s1. The second-order valence-corrected chi connectivity index (χ2v) is 4.19. The molecule has 2 rings (SSSR count). The number of nitriles is 1. The Balaban J connectivity index is 2.26. The van der Waals surface area contributed by atoms with Crippen molar-refractivity contribution in [2.45, 2.75) is 44.6 Å². The molecule has 0 amide bonds. The van der Waals surface area contributed by atoms with Gasteiger partial charge in [0, 0.05) is 0 Å². The lowest BCUT2D eigenvalue weighted by atomic mass is 9.68. The van der Waals surface area contributed by atoms with Crippen molar-refractivity contribution in [2.24, 2.45) is 11.3 Å². The highest BCUT2D eigenvalue weighted by molar-refractivity contribution is 5.12. The molecule has 2 aliphatic carbocycles. The van der Waals surface area contributed by atoms with E-state index < -0.39 is 0 Å². The Morgan fingerprint density at radius 3 is 2.75 bits per heavy atom. The van der Waals surface area contributed by atoms with Crippen LogP contribution < -0.4 is 0 Å². The van der Waals surface area contributed by atoms with Gasteiger partial charge in [-0.05, 0) is 31.6 Å². The number of hydrogen-bond acceptors (Lipinski definition) is 2. The minimum atomic E-state index is -0.349. The molecule has 2 aliphatic rings. The molecule has 0 unspecified atom stereocenters. The highest BCUT2D eigenvalue weighted by Gasteiger charge is 2.50. The van der Waals surface area contributed by atoms with Crippen LogP contribution in [0.15, 0.2) is 0 Å². The molecule has 0 radical (unpaired) electrons. The summed E-state index contributed by atoms with van der Waals surface area (Å²) in [6.45, 7) is 0. The quantitative estimate of drug-likeness (QED) is 0.595. The van der Waals surface area contributed by atoms with Crippen molar-refractivity contribution in [3.63, 3.8) is 0 Å². The number of nitrogens with zero attached hydrogens (tertiary/aromatic N) is 1.